The Kier molecular flexibility index (Phi) is 5.30. The van der Waals surface area contributed by atoms with Crippen LogP contribution in [0.25, 0.3) is 5.78 Å². The molecule has 0 aliphatic heterocycles. The van der Waals surface area contributed by atoms with Crippen molar-refractivity contribution < 1.29 is 13.9 Å². The number of fused-ring (bicyclic) bond motifs is 1. The maximum atomic E-state index is 11.3. The number of hydrogen-bond acceptors (Lipinski definition) is 10. The first-order chi connectivity index (χ1) is 11.6. The minimum absolute atomic E-state index is 0.141. The van der Waals surface area contributed by atoms with Crippen molar-refractivity contribution >= 4 is 35.3 Å². The third-order valence-corrected chi connectivity index (χ3v) is 4.33. The zero-order chi connectivity index (χ0) is 16.9. The summed E-state index contributed by atoms with van der Waals surface area (Å²) < 4.78 is 11.9. The van der Waals surface area contributed by atoms with Crippen molar-refractivity contribution in [3.8, 4) is 0 Å². The fraction of sp³-hybridized carbons (Fsp3) is 0.385. The van der Waals surface area contributed by atoms with Gasteiger partial charge in [-0.25, -0.2) is 9.50 Å². The smallest absolute Gasteiger partial charge is 0.316 e. The molecule has 0 fully saturated rings. The second-order valence-electron chi connectivity index (χ2n) is 4.55. The Hall–Kier alpha value is -2.14. The SMILES string of the molecule is CCOC(=O)CSc1nnc(CSc2nc3nc(C)ccn3n2)o1. The second-order valence-corrected chi connectivity index (χ2v) is 6.42. The highest BCUT2D eigenvalue weighted by Crippen LogP contribution is 2.22. The van der Waals surface area contributed by atoms with Crippen LogP contribution in [-0.4, -0.2) is 48.1 Å². The van der Waals surface area contributed by atoms with E-state index >= 15 is 0 Å². The minimum Gasteiger partial charge on any atom is -0.465 e. The molecule has 0 saturated carbocycles. The molecule has 0 aliphatic rings. The van der Waals surface area contributed by atoms with Gasteiger partial charge < -0.3 is 9.15 Å². The summed E-state index contributed by atoms with van der Waals surface area (Å²) in [6, 6.07) is 1.86. The van der Waals surface area contributed by atoms with Gasteiger partial charge in [-0.15, -0.1) is 15.3 Å². The summed E-state index contributed by atoms with van der Waals surface area (Å²) in [7, 11) is 0. The first kappa shape index (κ1) is 16.7. The van der Waals surface area contributed by atoms with Gasteiger partial charge in [0.1, 0.15) is 5.75 Å². The fourth-order valence-corrected chi connectivity index (χ4v) is 2.95. The van der Waals surface area contributed by atoms with Gasteiger partial charge in [0.25, 0.3) is 11.0 Å². The number of carbonyl (C=O) groups excluding carboxylic acids is 1. The number of ether oxygens (including phenoxy) is 1. The molecule has 0 N–H and O–H groups in total. The first-order valence-electron chi connectivity index (χ1n) is 7.07. The van der Waals surface area contributed by atoms with Crippen LogP contribution < -0.4 is 0 Å². The lowest BCUT2D eigenvalue weighted by Gasteiger charge is -1.97. The number of carbonyl (C=O) groups is 1. The number of aryl methyl sites for hydroxylation is 1. The van der Waals surface area contributed by atoms with Crippen LogP contribution in [0.2, 0.25) is 0 Å². The number of thioether (sulfide) groups is 2. The molecule has 3 aromatic heterocycles. The quantitative estimate of drug-likeness (QED) is 0.453. The fourth-order valence-electron chi connectivity index (χ4n) is 1.71. The number of esters is 1. The normalized spacial score (nSPS) is 11.1. The number of rotatable bonds is 7. The standard InChI is InChI=1S/C13H14N6O3S2/c1-3-21-10(20)7-24-13-17-16-9(22-13)6-23-12-15-11-14-8(2)4-5-19(11)18-12/h4-5H,3,6-7H2,1-2H3. The first-order valence-corrected chi connectivity index (χ1v) is 9.05. The Morgan fingerprint density at radius 1 is 1.33 bits per heavy atom. The average Bonchev–Trinajstić information content (AvgIpc) is 3.17. The van der Waals surface area contributed by atoms with E-state index in [1.54, 1.807) is 11.4 Å². The van der Waals surface area contributed by atoms with Crippen molar-refractivity contribution in [2.45, 2.75) is 30.0 Å². The molecule has 126 valence electrons. The Morgan fingerprint density at radius 3 is 3.04 bits per heavy atom. The zero-order valence-corrected chi connectivity index (χ0v) is 14.6. The van der Waals surface area contributed by atoms with Gasteiger partial charge in [0, 0.05) is 11.9 Å². The molecule has 0 atom stereocenters. The van der Waals surface area contributed by atoms with Crippen LogP contribution in [0.15, 0.2) is 27.1 Å². The number of nitrogens with zero attached hydrogens (tertiary/aromatic N) is 6. The third kappa shape index (κ3) is 4.23. The van der Waals surface area contributed by atoms with E-state index in [9.17, 15) is 4.79 Å². The number of hydrogen-bond donors (Lipinski definition) is 0. The van der Waals surface area contributed by atoms with E-state index in [0.29, 0.717) is 34.4 Å². The molecule has 3 heterocycles. The van der Waals surface area contributed by atoms with E-state index in [1.165, 1.54) is 11.8 Å². The van der Waals surface area contributed by atoms with Crippen molar-refractivity contribution in [3.05, 3.63) is 23.8 Å². The third-order valence-electron chi connectivity index (χ3n) is 2.72. The van der Waals surface area contributed by atoms with Gasteiger partial charge in [-0.2, -0.15) is 4.98 Å². The Bertz CT molecular complexity index is 849. The van der Waals surface area contributed by atoms with Crippen LogP contribution in [0.4, 0.5) is 0 Å². The molecular formula is C13H14N6O3S2. The molecule has 0 amide bonds. The lowest BCUT2D eigenvalue weighted by Crippen LogP contribution is -2.06. The minimum atomic E-state index is -0.312. The lowest BCUT2D eigenvalue weighted by atomic mass is 10.5. The van der Waals surface area contributed by atoms with E-state index in [2.05, 4.69) is 25.3 Å². The van der Waals surface area contributed by atoms with E-state index in [-0.39, 0.29) is 11.7 Å². The van der Waals surface area contributed by atoms with Gasteiger partial charge in [0.15, 0.2) is 0 Å². The van der Waals surface area contributed by atoms with Gasteiger partial charge in [-0.1, -0.05) is 23.5 Å². The molecule has 9 nitrogen and oxygen atoms in total. The van der Waals surface area contributed by atoms with Gasteiger partial charge >= 0.3 is 5.97 Å². The molecule has 0 spiro atoms. The maximum Gasteiger partial charge on any atom is 0.316 e. The predicted octanol–water partition coefficient (Wildman–Crippen LogP) is 1.76. The molecule has 24 heavy (non-hydrogen) atoms. The number of aromatic nitrogens is 6. The monoisotopic (exact) mass is 366 g/mol. The van der Waals surface area contributed by atoms with E-state index in [0.717, 1.165) is 17.5 Å². The summed E-state index contributed by atoms with van der Waals surface area (Å²) in [5, 5.41) is 13.0. The van der Waals surface area contributed by atoms with Crippen LogP contribution in [0, 0.1) is 6.92 Å². The van der Waals surface area contributed by atoms with Crippen molar-refractivity contribution in [2.75, 3.05) is 12.4 Å². The second kappa shape index (κ2) is 7.62. The topological polar surface area (TPSA) is 108 Å². The Balaban J connectivity index is 1.55. The van der Waals surface area contributed by atoms with Gasteiger partial charge in [-0.3, -0.25) is 4.79 Å². The Morgan fingerprint density at radius 2 is 2.21 bits per heavy atom. The molecule has 0 unspecified atom stereocenters. The summed E-state index contributed by atoms with van der Waals surface area (Å²) in [5.41, 5.74) is 0.881. The van der Waals surface area contributed by atoms with E-state index in [1.807, 2.05) is 19.2 Å². The van der Waals surface area contributed by atoms with Crippen LogP contribution in [-0.2, 0) is 15.3 Å². The van der Waals surface area contributed by atoms with Crippen LogP contribution in [0.5, 0.6) is 0 Å². The van der Waals surface area contributed by atoms with Crippen molar-refractivity contribution in [1.29, 1.82) is 0 Å². The van der Waals surface area contributed by atoms with E-state index < -0.39 is 0 Å². The largest absolute Gasteiger partial charge is 0.465 e. The van der Waals surface area contributed by atoms with Gasteiger partial charge in [0.05, 0.1) is 12.4 Å². The van der Waals surface area contributed by atoms with E-state index in [4.69, 9.17) is 9.15 Å². The lowest BCUT2D eigenvalue weighted by molar-refractivity contribution is -0.139. The molecule has 11 heteroatoms. The summed E-state index contributed by atoms with van der Waals surface area (Å²) in [6.45, 7) is 4.01. The molecule has 0 radical (unpaired) electrons. The molecule has 0 saturated heterocycles. The average molecular weight is 366 g/mol. The summed E-state index contributed by atoms with van der Waals surface area (Å²) in [6.07, 6.45) is 1.81. The molecule has 0 aliphatic carbocycles. The van der Waals surface area contributed by atoms with Crippen LogP contribution in [0.3, 0.4) is 0 Å². The van der Waals surface area contributed by atoms with Crippen LogP contribution in [0.1, 0.15) is 18.5 Å². The van der Waals surface area contributed by atoms with Crippen molar-refractivity contribution in [3.63, 3.8) is 0 Å². The molecular weight excluding hydrogens is 352 g/mol. The Labute approximate surface area is 145 Å². The van der Waals surface area contributed by atoms with Gasteiger partial charge in [-0.05, 0) is 19.9 Å². The summed E-state index contributed by atoms with van der Waals surface area (Å²) >= 11 is 2.52. The van der Waals surface area contributed by atoms with Gasteiger partial charge in [0.2, 0.25) is 11.0 Å². The highest BCUT2D eigenvalue weighted by Gasteiger charge is 2.12. The molecule has 3 aromatic rings. The highest BCUT2D eigenvalue weighted by molar-refractivity contribution is 7.99. The summed E-state index contributed by atoms with van der Waals surface area (Å²) in [4.78, 5) is 19.9. The zero-order valence-electron chi connectivity index (χ0n) is 13.0. The predicted molar refractivity (Wildman–Crippen MR) is 86.7 cm³/mol. The van der Waals surface area contributed by atoms with Crippen LogP contribution >= 0.6 is 23.5 Å². The maximum absolute atomic E-state index is 11.3. The molecule has 3 rings (SSSR count). The van der Waals surface area contributed by atoms with Crippen molar-refractivity contribution in [1.82, 2.24) is 29.8 Å². The summed E-state index contributed by atoms with van der Waals surface area (Å²) in [5.74, 6) is 1.25. The molecule has 0 aromatic carbocycles. The van der Waals surface area contributed by atoms with Crippen molar-refractivity contribution in [2.24, 2.45) is 0 Å². The molecule has 0 bridgehead atoms. The highest BCUT2D eigenvalue weighted by atomic mass is 32.2.